The number of hydrogen-bond acceptors (Lipinski definition) is 6. The van der Waals surface area contributed by atoms with Crippen LogP contribution in [0.3, 0.4) is 0 Å². The highest BCUT2D eigenvalue weighted by Crippen LogP contribution is 2.54. The van der Waals surface area contributed by atoms with E-state index in [1.54, 1.807) is 6.92 Å². The predicted molar refractivity (Wildman–Crippen MR) is 91.5 cm³/mol. The molecule has 3 aliphatic rings. The first-order valence-electron chi connectivity index (χ1n) is 8.64. The fourth-order valence-corrected chi connectivity index (χ4v) is 4.06. The summed E-state index contributed by atoms with van der Waals surface area (Å²) in [7, 11) is 0. The number of anilines is 1. The predicted octanol–water partition coefficient (Wildman–Crippen LogP) is 1.79. The van der Waals surface area contributed by atoms with Crippen LogP contribution in [0.15, 0.2) is 41.0 Å². The molecule has 4 rings (SSSR count). The zero-order valence-corrected chi connectivity index (χ0v) is 14.6. The average Bonchev–Trinajstić information content (AvgIpc) is 2.87. The number of benzene rings is 1. The van der Waals surface area contributed by atoms with Gasteiger partial charge in [-0.25, -0.2) is 9.18 Å². The van der Waals surface area contributed by atoms with Crippen LogP contribution in [-0.2, 0) is 29.3 Å². The first-order valence-corrected chi connectivity index (χ1v) is 8.64. The zero-order valence-electron chi connectivity index (χ0n) is 14.6. The van der Waals surface area contributed by atoms with Crippen molar-refractivity contribution in [2.45, 2.75) is 31.6 Å². The largest absolute Gasteiger partial charge is 0.462 e. The Labute approximate surface area is 154 Å². The Bertz CT molecular complexity index is 965. The van der Waals surface area contributed by atoms with E-state index < -0.39 is 23.1 Å². The van der Waals surface area contributed by atoms with Gasteiger partial charge in [-0.15, -0.1) is 0 Å². The highest BCUT2D eigenvalue weighted by atomic mass is 19.1. The number of halogens is 1. The average molecular weight is 372 g/mol. The normalized spacial score (nSPS) is 23.8. The maximum absolute atomic E-state index is 14.1. The molecule has 2 heterocycles. The van der Waals surface area contributed by atoms with Crippen LogP contribution in [0.5, 0.6) is 0 Å². The molecule has 3 N–H and O–H groups in total. The van der Waals surface area contributed by atoms with Crippen LogP contribution in [0.25, 0.3) is 0 Å². The van der Waals surface area contributed by atoms with Crippen molar-refractivity contribution >= 4 is 23.3 Å². The second kappa shape index (κ2) is 5.94. The topological polar surface area (TPSA) is 108 Å². The van der Waals surface area contributed by atoms with Crippen molar-refractivity contribution < 1.29 is 28.2 Å². The molecule has 0 aromatic heterocycles. The van der Waals surface area contributed by atoms with E-state index in [-0.39, 0.29) is 47.2 Å². The van der Waals surface area contributed by atoms with Crippen molar-refractivity contribution in [2.24, 2.45) is 5.73 Å². The molecule has 0 saturated heterocycles. The van der Waals surface area contributed by atoms with Gasteiger partial charge < -0.3 is 20.5 Å². The molecular formula is C19H17FN2O5. The number of Topliss-reactive ketones (excluding diaryl/α,β-unsaturated/α-hetero) is 1. The molecule has 1 atom stereocenters. The molecule has 1 aliphatic carbocycles. The van der Waals surface area contributed by atoms with Crippen LogP contribution in [0, 0.1) is 5.82 Å². The molecule has 1 amide bonds. The Morgan fingerprint density at radius 1 is 1.37 bits per heavy atom. The molecular weight excluding hydrogens is 355 g/mol. The van der Waals surface area contributed by atoms with E-state index in [0.29, 0.717) is 18.5 Å². The molecule has 0 radical (unpaired) electrons. The number of fused-ring (bicyclic) bond motifs is 3. The third kappa shape index (κ3) is 2.22. The lowest BCUT2D eigenvalue weighted by molar-refractivity contribution is -0.141. The number of ketones is 1. The number of carbonyl (C=O) groups is 3. The van der Waals surface area contributed by atoms with Gasteiger partial charge in [-0.2, -0.15) is 0 Å². The summed E-state index contributed by atoms with van der Waals surface area (Å²) in [6.07, 6.45) is 1.11. The molecule has 1 aromatic carbocycles. The molecule has 0 fully saturated rings. The van der Waals surface area contributed by atoms with Crippen LogP contribution in [-0.4, -0.2) is 24.3 Å². The van der Waals surface area contributed by atoms with Gasteiger partial charge in [0, 0.05) is 24.1 Å². The number of nitrogens with one attached hydrogen (secondary N) is 1. The number of rotatable bonds is 2. The lowest BCUT2D eigenvalue weighted by Crippen LogP contribution is -2.49. The van der Waals surface area contributed by atoms with Crippen molar-refractivity contribution in [2.75, 3.05) is 11.9 Å². The van der Waals surface area contributed by atoms with Crippen molar-refractivity contribution in [1.82, 2.24) is 0 Å². The minimum atomic E-state index is -1.88. The standard InChI is InChI=1S/C19H17FN2O5/c1-2-26-17(24)15-16(21)27-13-5-3-4-12(23)14(13)19(15)10-8-9(20)6-7-11(10)22-18(19)25/h6-8H,2-5,21H2,1H3,(H,22,25)/t19-/m1/s1. The maximum Gasteiger partial charge on any atom is 0.341 e. The quantitative estimate of drug-likeness (QED) is 0.767. The number of allylic oxidation sites excluding steroid dienone is 1. The Morgan fingerprint density at radius 2 is 2.15 bits per heavy atom. The number of hydrogen-bond donors (Lipinski definition) is 2. The molecule has 0 bridgehead atoms. The van der Waals surface area contributed by atoms with Crippen molar-refractivity contribution in [3.05, 3.63) is 52.4 Å². The summed E-state index contributed by atoms with van der Waals surface area (Å²) in [5.74, 6) is -2.55. The summed E-state index contributed by atoms with van der Waals surface area (Å²) in [4.78, 5) is 38.8. The van der Waals surface area contributed by atoms with E-state index in [9.17, 15) is 18.8 Å². The molecule has 140 valence electrons. The monoisotopic (exact) mass is 372 g/mol. The zero-order chi connectivity index (χ0) is 19.3. The van der Waals surface area contributed by atoms with Gasteiger partial charge in [0.15, 0.2) is 5.78 Å². The van der Waals surface area contributed by atoms with Crippen LogP contribution in [0.4, 0.5) is 10.1 Å². The molecule has 1 spiro atoms. The summed E-state index contributed by atoms with van der Waals surface area (Å²) in [6, 6.07) is 3.71. The van der Waals surface area contributed by atoms with E-state index >= 15 is 0 Å². The third-order valence-corrected chi connectivity index (χ3v) is 5.05. The number of carbonyl (C=O) groups excluding carboxylic acids is 3. The number of esters is 1. The van der Waals surface area contributed by atoms with E-state index in [4.69, 9.17) is 15.2 Å². The van der Waals surface area contributed by atoms with Crippen LogP contribution in [0.2, 0.25) is 0 Å². The lowest BCUT2D eigenvalue weighted by Gasteiger charge is -2.38. The molecule has 27 heavy (non-hydrogen) atoms. The van der Waals surface area contributed by atoms with Crippen molar-refractivity contribution in [3.8, 4) is 0 Å². The summed E-state index contributed by atoms with van der Waals surface area (Å²) in [5, 5.41) is 2.64. The minimum Gasteiger partial charge on any atom is -0.462 e. The lowest BCUT2D eigenvalue weighted by atomic mass is 9.64. The highest BCUT2D eigenvalue weighted by Gasteiger charge is 2.61. The summed E-state index contributed by atoms with van der Waals surface area (Å²) >= 11 is 0. The van der Waals surface area contributed by atoms with E-state index in [2.05, 4.69) is 5.32 Å². The van der Waals surface area contributed by atoms with Gasteiger partial charge in [0.1, 0.15) is 22.6 Å². The molecule has 0 saturated carbocycles. The van der Waals surface area contributed by atoms with Crippen LogP contribution in [0.1, 0.15) is 31.7 Å². The number of amides is 1. The number of nitrogens with two attached hydrogens (primary N) is 1. The van der Waals surface area contributed by atoms with Gasteiger partial charge in [0.05, 0.1) is 12.2 Å². The van der Waals surface area contributed by atoms with E-state index in [0.717, 1.165) is 6.07 Å². The Kier molecular flexibility index (Phi) is 3.80. The van der Waals surface area contributed by atoms with Gasteiger partial charge in [0.25, 0.3) is 0 Å². The van der Waals surface area contributed by atoms with Gasteiger partial charge in [-0.05, 0) is 31.5 Å². The SMILES string of the molecule is CCOC(=O)C1=C(N)OC2=C(C(=O)CCC2)[C@@]12C(=O)Nc1ccc(F)cc12. The fraction of sp³-hybridized carbons (Fsp3) is 0.316. The second-order valence-electron chi connectivity index (χ2n) is 6.53. The van der Waals surface area contributed by atoms with Gasteiger partial charge >= 0.3 is 5.97 Å². The summed E-state index contributed by atoms with van der Waals surface area (Å²) in [5.41, 5.74) is 4.34. The first-order chi connectivity index (χ1) is 12.9. The van der Waals surface area contributed by atoms with Gasteiger partial charge in [-0.3, -0.25) is 9.59 Å². The number of ether oxygens (including phenoxy) is 2. The van der Waals surface area contributed by atoms with Crippen molar-refractivity contribution in [1.29, 1.82) is 0 Å². The van der Waals surface area contributed by atoms with E-state index in [1.807, 2.05) is 0 Å². The molecule has 0 unspecified atom stereocenters. The smallest absolute Gasteiger partial charge is 0.341 e. The summed E-state index contributed by atoms with van der Waals surface area (Å²) < 4.78 is 24.7. The highest BCUT2D eigenvalue weighted by molar-refractivity contribution is 6.22. The fourth-order valence-electron chi connectivity index (χ4n) is 4.06. The molecule has 1 aromatic rings. The van der Waals surface area contributed by atoms with Crippen LogP contribution < -0.4 is 11.1 Å². The van der Waals surface area contributed by atoms with Gasteiger partial charge in [-0.1, -0.05) is 0 Å². The maximum atomic E-state index is 14.1. The van der Waals surface area contributed by atoms with Crippen LogP contribution >= 0.6 is 0 Å². The molecule has 2 aliphatic heterocycles. The Hall–Kier alpha value is -3.16. The first kappa shape index (κ1) is 17.3. The minimum absolute atomic E-state index is 0.0309. The molecule has 7 nitrogen and oxygen atoms in total. The van der Waals surface area contributed by atoms with Crippen molar-refractivity contribution in [3.63, 3.8) is 0 Å². The van der Waals surface area contributed by atoms with E-state index in [1.165, 1.54) is 12.1 Å². The molecule has 8 heteroatoms. The Balaban J connectivity index is 2.08. The summed E-state index contributed by atoms with van der Waals surface area (Å²) in [6.45, 7) is 1.63. The third-order valence-electron chi connectivity index (χ3n) is 5.05. The van der Waals surface area contributed by atoms with Gasteiger partial charge in [0.2, 0.25) is 11.8 Å². The second-order valence-corrected chi connectivity index (χ2v) is 6.53. The Morgan fingerprint density at radius 3 is 2.89 bits per heavy atom.